The number of hydrogen-bond acceptors (Lipinski definition) is 2. The first-order chi connectivity index (χ1) is 7.83. The molecule has 2 rings (SSSR count). The Morgan fingerprint density at radius 3 is 2.38 bits per heavy atom. The minimum atomic E-state index is 0.0335. The van der Waals surface area contributed by atoms with Gasteiger partial charge in [0.1, 0.15) is 0 Å². The van der Waals surface area contributed by atoms with Crippen molar-refractivity contribution in [3.8, 4) is 17.2 Å². The predicted molar refractivity (Wildman–Crippen MR) is 62.5 cm³/mol. The highest BCUT2D eigenvalue weighted by molar-refractivity contribution is 5.65. The molecule has 16 heavy (non-hydrogen) atoms. The Balaban J connectivity index is 2.46. The first-order valence-corrected chi connectivity index (χ1v) is 5.04. The van der Waals surface area contributed by atoms with E-state index in [1.807, 2.05) is 42.5 Å². The van der Waals surface area contributed by atoms with E-state index in [-0.39, 0.29) is 6.61 Å². The quantitative estimate of drug-likeness (QED) is 0.826. The van der Waals surface area contributed by atoms with Crippen LogP contribution >= 0.6 is 0 Å². The van der Waals surface area contributed by atoms with Crippen molar-refractivity contribution < 1.29 is 5.11 Å². The average molecular weight is 209 g/mol. The Morgan fingerprint density at radius 1 is 1.00 bits per heavy atom. The highest BCUT2D eigenvalue weighted by Crippen LogP contribution is 2.21. The summed E-state index contributed by atoms with van der Waals surface area (Å²) < 4.78 is 0. The molecule has 0 aliphatic heterocycles. The van der Waals surface area contributed by atoms with Crippen molar-refractivity contribution in [1.82, 2.24) is 0 Å². The van der Waals surface area contributed by atoms with Gasteiger partial charge in [0.15, 0.2) is 0 Å². The van der Waals surface area contributed by atoms with E-state index >= 15 is 0 Å². The van der Waals surface area contributed by atoms with Crippen LogP contribution in [0.1, 0.15) is 11.1 Å². The van der Waals surface area contributed by atoms with Gasteiger partial charge in [0.05, 0.1) is 18.2 Å². The number of hydrogen-bond donors (Lipinski definition) is 1. The van der Waals surface area contributed by atoms with E-state index in [4.69, 9.17) is 10.4 Å². The van der Waals surface area contributed by atoms with Crippen LogP contribution in [0, 0.1) is 11.3 Å². The van der Waals surface area contributed by atoms with Gasteiger partial charge < -0.3 is 5.11 Å². The van der Waals surface area contributed by atoms with E-state index in [9.17, 15) is 0 Å². The van der Waals surface area contributed by atoms with Gasteiger partial charge >= 0.3 is 0 Å². The van der Waals surface area contributed by atoms with Crippen LogP contribution in [-0.4, -0.2) is 5.11 Å². The van der Waals surface area contributed by atoms with Gasteiger partial charge in [-0.3, -0.25) is 0 Å². The van der Waals surface area contributed by atoms with Crippen LogP contribution in [0.4, 0.5) is 0 Å². The highest BCUT2D eigenvalue weighted by Gasteiger charge is 1.99. The fraction of sp³-hybridized carbons (Fsp3) is 0.0714. The third-order valence-corrected chi connectivity index (χ3v) is 2.43. The van der Waals surface area contributed by atoms with Gasteiger partial charge in [-0.15, -0.1) is 0 Å². The van der Waals surface area contributed by atoms with E-state index in [0.29, 0.717) is 5.56 Å². The third kappa shape index (κ3) is 2.10. The van der Waals surface area contributed by atoms with Crippen LogP contribution in [-0.2, 0) is 6.61 Å². The smallest absolute Gasteiger partial charge is 0.0991 e. The molecule has 0 saturated carbocycles. The van der Waals surface area contributed by atoms with Crippen LogP contribution < -0.4 is 0 Å². The zero-order chi connectivity index (χ0) is 11.4. The van der Waals surface area contributed by atoms with E-state index in [1.54, 1.807) is 6.07 Å². The predicted octanol–water partition coefficient (Wildman–Crippen LogP) is 2.72. The van der Waals surface area contributed by atoms with Crippen LogP contribution in [0.25, 0.3) is 11.1 Å². The maximum atomic E-state index is 9.06. The summed E-state index contributed by atoms with van der Waals surface area (Å²) in [6.07, 6.45) is 0. The average Bonchev–Trinajstić information content (AvgIpc) is 2.39. The molecular weight excluding hydrogens is 198 g/mol. The Labute approximate surface area is 94.4 Å². The second-order valence-electron chi connectivity index (χ2n) is 3.55. The molecule has 0 spiro atoms. The molecule has 0 amide bonds. The number of nitrogens with zero attached hydrogens (tertiary/aromatic N) is 1. The first-order valence-electron chi connectivity index (χ1n) is 5.04. The number of nitriles is 1. The van der Waals surface area contributed by atoms with E-state index in [1.165, 1.54) is 0 Å². The van der Waals surface area contributed by atoms with Gasteiger partial charge in [0.2, 0.25) is 0 Å². The molecule has 0 saturated heterocycles. The van der Waals surface area contributed by atoms with Crippen molar-refractivity contribution >= 4 is 0 Å². The van der Waals surface area contributed by atoms with Crippen LogP contribution in [0.3, 0.4) is 0 Å². The van der Waals surface area contributed by atoms with Gasteiger partial charge in [-0.1, -0.05) is 30.3 Å². The molecule has 0 aromatic heterocycles. The van der Waals surface area contributed by atoms with Crippen molar-refractivity contribution in [3.05, 3.63) is 59.7 Å². The largest absolute Gasteiger partial charge is 0.392 e. The SMILES string of the molecule is N#Cc1cccc(-c2cccc(CO)c2)c1. The normalized spacial score (nSPS) is 9.75. The summed E-state index contributed by atoms with van der Waals surface area (Å²) in [5, 5.41) is 17.9. The topological polar surface area (TPSA) is 44.0 Å². The van der Waals surface area contributed by atoms with Crippen LogP contribution in [0.2, 0.25) is 0 Å². The molecule has 0 aliphatic carbocycles. The van der Waals surface area contributed by atoms with Crippen LogP contribution in [0.5, 0.6) is 0 Å². The molecule has 0 radical (unpaired) electrons. The number of rotatable bonds is 2. The Morgan fingerprint density at radius 2 is 1.69 bits per heavy atom. The lowest BCUT2D eigenvalue weighted by atomic mass is 10.0. The molecule has 0 atom stereocenters. The molecule has 0 heterocycles. The number of aliphatic hydroxyl groups is 1. The highest BCUT2D eigenvalue weighted by atomic mass is 16.3. The lowest BCUT2D eigenvalue weighted by molar-refractivity contribution is 0.282. The summed E-state index contributed by atoms with van der Waals surface area (Å²) in [7, 11) is 0. The van der Waals surface area contributed by atoms with E-state index < -0.39 is 0 Å². The van der Waals surface area contributed by atoms with Crippen molar-refractivity contribution in [2.45, 2.75) is 6.61 Å². The lowest BCUT2D eigenvalue weighted by Crippen LogP contribution is -1.85. The summed E-state index contributed by atoms with van der Waals surface area (Å²) in [5.41, 5.74) is 3.53. The van der Waals surface area contributed by atoms with E-state index in [0.717, 1.165) is 16.7 Å². The summed E-state index contributed by atoms with van der Waals surface area (Å²) in [4.78, 5) is 0. The molecule has 0 bridgehead atoms. The van der Waals surface area contributed by atoms with Crippen molar-refractivity contribution in [2.75, 3.05) is 0 Å². The zero-order valence-electron chi connectivity index (χ0n) is 8.72. The van der Waals surface area contributed by atoms with Crippen molar-refractivity contribution in [2.24, 2.45) is 0 Å². The molecular formula is C14H11NO. The molecule has 0 fully saturated rings. The lowest BCUT2D eigenvalue weighted by Gasteiger charge is -2.03. The molecule has 2 aromatic carbocycles. The molecule has 78 valence electrons. The minimum absolute atomic E-state index is 0.0335. The maximum absolute atomic E-state index is 9.06. The Hall–Kier alpha value is -2.11. The molecule has 1 N–H and O–H groups in total. The second-order valence-corrected chi connectivity index (χ2v) is 3.55. The van der Waals surface area contributed by atoms with Crippen molar-refractivity contribution in [1.29, 1.82) is 5.26 Å². The fourth-order valence-corrected chi connectivity index (χ4v) is 1.62. The van der Waals surface area contributed by atoms with E-state index in [2.05, 4.69) is 6.07 Å². The summed E-state index contributed by atoms with van der Waals surface area (Å²) in [6, 6.07) is 17.2. The van der Waals surface area contributed by atoms with Gasteiger partial charge in [-0.2, -0.15) is 5.26 Å². The summed E-state index contributed by atoms with van der Waals surface area (Å²) >= 11 is 0. The number of aliphatic hydroxyl groups excluding tert-OH is 1. The number of benzene rings is 2. The third-order valence-electron chi connectivity index (χ3n) is 2.43. The van der Waals surface area contributed by atoms with Gasteiger partial charge in [-0.05, 0) is 34.9 Å². The van der Waals surface area contributed by atoms with Gasteiger partial charge in [0, 0.05) is 0 Å². The molecule has 2 nitrogen and oxygen atoms in total. The van der Waals surface area contributed by atoms with Crippen molar-refractivity contribution in [3.63, 3.8) is 0 Å². The Bertz CT molecular complexity index is 540. The summed E-state index contributed by atoms with van der Waals surface area (Å²) in [6.45, 7) is 0.0335. The molecule has 0 unspecified atom stereocenters. The monoisotopic (exact) mass is 209 g/mol. The van der Waals surface area contributed by atoms with Gasteiger partial charge in [-0.25, -0.2) is 0 Å². The van der Waals surface area contributed by atoms with Gasteiger partial charge in [0.25, 0.3) is 0 Å². The summed E-state index contributed by atoms with van der Waals surface area (Å²) in [5.74, 6) is 0. The molecule has 2 aromatic rings. The minimum Gasteiger partial charge on any atom is -0.392 e. The maximum Gasteiger partial charge on any atom is 0.0991 e. The zero-order valence-corrected chi connectivity index (χ0v) is 8.72. The second kappa shape index (κ2) is 4.61. The molecule has 2 heteroatoms. The Kier molecular flexibility index (Phi) is 3.00. The van der Waals surface area contributed by atoms with Crippen LogP contribution in [0.15, 0.2) is 48.5 Å². The molecule has 0 aliphatic rings. The standard InChI is InChI=1S/C14H11NO/c15-9-11-3-1-5-13(7-11)14-6-2-4-12(8-14)10-16/h1-8,16H,10H2. The fourth-order valence-electron chi connectivity index (χ4n) is 1.62. The first kappa shape index (κ1) is 10.4.